The summed E-state index contributed by atoms with van der Waals surface area (Å²) in [5.41, 5.74) is 2.37. The van der Waals surface area contributed by atoms with Gasteiger partial charge in [0.2, 0.25) is 0 Å². The second-order valence-corrected chi connectivity index (χ2v) is 4.76. The Kier molecular flexibility index (Phi) is 4.41. The molecule has 0 bridgehead atoms. The summed E-state index contributed by atoms with van der Waals surface area (Å²) in [5, 5.41) is 1.07. The van der Waals surface area contributed by atoms with Crippen LogP contribution >= 0.6 is 0 Å². The molecule has 1 aromatic heterocycles. The smallest absolute Gasteiger partial charge is 0.264 e. The molecule has 19 heavy (non-hydrogen) atoms. The van der Waals surface area contributed by atoms with Crippen LogP contribution in [0.15, 0.2) is 29.1 Å². The lowest BCUT2D eigenvalue weighted by Crippen LogP contribution is -2.12. The SMILES string of the molecule is CCCCCC#Cc1c(C)c2ccccc2[nH]c1=O. The van der Waals surface area contributed by atoms with Gasteiger partial charge in [-0.2, -0.15) is 0 Å². The summed E-state index contributed by atoms with van der Waals surface area (Å²) < 4.78 is 0. The van der Waals surface area contributed by atoms with Crippen LogP contribution < -0.4 is 5.56 Å². The van der Waals surface area contributed by atoms with Gasteiger partial charge >= 0.3 is 0 Å². The van der Waals surface area contributed by atoms with Crippen LogP contribution in [0.3, 0.4) is 0 Å². The highest BCUT2D eigenvalue weighted by molar-refractivity contribution is 5.83. The number of para-hydroxylation sites is 1. The molecule has 0 unspecified atom stereocenters. The summed E-state index contributed by atoms with van der Waals surface area (Å²) in [7, 11) is 0. The van der Waals surface area contributed by atoms with Gasteiger partial charge < -0.3 is 4.98 Å². The monoisotopic (exact) mass is 253 g/mol. The van der Waals surface area contributed by atoms with Crippen molar-refractivity contribution in [3.63, 3.8) is 0 Å². The molecule has 0 aliphatic heterocycles. The van der Waals surface area contributed by atoms with E-state index in [-0.39, 0.29) is 5.56 Å². The zero-order valence-corrected chi connectivity index (χ0v) is 11.5. The van der Waals surface area contributed by atoms with Gasteiger partial charge in [0.15, 0.2) is 0 Å². The highest BCUT2D eigenvalue weighted by atomic mass is 16.1. The minimum absolute atomic E-state index is 0.0841. The van der Waals surface area contributed by atoms with Gasteiger partial charge in [-0.3, -0.25) is 4.79 Å². The Balaban J connectivity index is 2.35. The maximum atomic E-state index is 12.0. The largest absolute Gasteiger partial charge is 0.321 e. The van der Waals surface area contributed by atoms with Crippen molar-refractivity contribution in [2.75, 3.05) is 0 Å². The van der Waals surface area contributed by atoms with Gasteiger partial charge in [-0.25, -0.2) is 0 Å². The van der Waals surface area contributed by atoms with Crippen LogP contribution in [0.4, 0.5) is 0 Å². The number of unbranched alkanes of at least 4 members (excludes halogenated alkanes) is 3. The number of aryl methyl sites for hydroxylation is 1. The Bertz CT molecular complexity index is 686. The topological polar surface area (TPSA) is 32.9 Å². The molecule has 0 amide bonds. The summed E-state index contributed by atoms with van der Waals surface area (Å²) in [4.78, 5) is 14.9. The number of hydrogen-bond donors (Lipinski definition) is 1. The Labute approximate surface area is 113 Å². The van der Waals surface area contributed by atoms with Crippen molar-refractivity contribution < 1.29 is 0 Å². The number of aromatic nitrogens is 1. The maximum Gasteiger partial charge on any atom is 0.264 e. The maximum absolute atomic E-state index is 12.0. The molecule has 2 heteroatoms. The molecule has 2 aromatic rings. The summed E-state index contributed by atoms with van der Waals surface area (Å²) in [6.07, 6.45) is 4.35. The number of H-pyrrole nitrogens is 1. The van der Waals surface area contributed by atoms with E-state index in [9.17, 15) is 4.79 Å². The summed E-state index contributed by atoms with van der Waals surface area (Å²) >= 11 is 0. The van der Waals surface area contributed by atoms with E-state index in [1.54, 1.807) is 0 Å². The fourth-order valence-electron chi connectivity index (χ4n) is 2.17. The van der Waals surface area contributed by atoms with Crippen LogP contribution in [0.1, 0.15) is 43.7 Å². The van der Waals surface area contributed by atoms with Crippen molar-refractivity contribution in [2.24, 2.45) is 0 Å². The molecule has 1 N–H and O–H groups in total. The van der Waals surface area contributed by atoms with Crippen molar-refractivity contribution in [1.82, 2.24) is 4.98 Å². The number of fused-ring (bicyclic) bond motifs is 1. The van der Waals surface area contributed by atoms with E-state index in [1.165, 1.54) is 12.8 Å². The van der Waals surface area contributed by atoms with E-state index in [0.717, 1.165) is 29.3 Å². The Morgan fingerprint density at radius 2 is 2.00 bits per heavy atom. The predicted octanol–water partition coefficient (Wildman–Crippen LogP) is 3.77. The van der Waals surface area contributed by atoms with Gasteiger partial charge in [-0.15, -0.1) is 0 Å². The highest BCUT2D eigenvalue weighted by Crippen LogP contribution is 2.16. The lowest BCUT2D eigenvalue weighted by atomic mass is 10.0. The van der Waals surface area contributed by atoms with E-state index in [0.29, 0.717) is 5.56 Å². The predicted molar refractivity (Wildman–Crippen MR) is 80.3 cm³/mol. The van der Waals surface area contributed by atoms with Crippen molar-refractivity contribution in [2.45, 2.75) is 39.5 Å². The van der Waals surface area contributed by atoms with Crippen molar-refractivity contribution in [3.8, 4) is 11.8 Å². The van der Waals surface area contributed by atoms with Gasteiger partial charge in [0.25, 0.3) is 5.56 Å². The van der Waals surface area contributed by atoms with Crippen LogP contribution in [-0.2, 0) is 0 Å². The Morgan fingerprint density at radius 3 is 2.79 bits per heavy atom. The highest BCUT2D eigenvalue weighted by Gasteiger charge is 2.05. The Hall–Kier alpha value is -2.01. The normalized spacial score (nSPS) is 10.2. The minimum Gasteiger partial charge on any atom is -0.321 e. The fourth-order valence-corrected chi connectivity index (χ4v) is 2.17. The summed E-state index contributed by atoms with van der Waals surface area (Å²) in [6.45, 7) is 4.14. The third-order valence-electron chi connectivity index (χ3n) is 3.30. The van der Waals surface area contributed by atoms with Crippen LogP contribution in [0, 0.1) is 18.8 Å². The first-order chi connectivity index (χ1) is 9.24. The zero-order chi connectivity index (χ0) is 13.7. The van der Waals surface area contributed by atoms with Gasteiger partial charge in [-0.05, 0) is 25.0 Å². The zero-order valence-electron chi connectivity index (χ0n) is 11.5. The minimum atomic E-state index is -0.0841. The summed E-state index contributed by atoms with van der Waals surface area (Å²) in [6, 6.07) is 7.84. The van der Waals surface area contributed by atoms with Crippen molar-refractivity contribution >= 4 is 10.9 Å². The number of nitrogens with one attached hydrogen (secondary N) is 1. The first-order valence-electron chi connectivity index (χ1n) is 6.84. The Morgan fingerprint density at radius 1 is 1.21 bits per heavy atom. The van der Waals surface area contributed by atoms with Gasteiger partial charge in [0, 0.05) is 17.3 Å². The summed E-state index contributed by atoms with van der Waals surface area (Å²) in [5.74, 6) is 6.15. The van der Waals surface area contributed by atoms with E-state index >= 15 is 0 Å². The number of pyridine rings is 1. The van der Waals surface area contributed by atoms with Crippen LogP contribution in [0.2, 0.25) is 0 Å². The first-order valence-corrected chi connectivity index (χ1v) is 6.84. The molecule has 2 rings (SSSR count). The quantitative estimate of drug-likeness (QED) is 0.655. The molecule has 0 radical (unpaired) electrons. The number of hydrogen-bond acceptors (Lipinski definition) is 1. The first kappa shape index (κ1) is 13.4. The van der Waals surface area contributed by atoms with Gasteiger partial charge in [-0.1, -0.05) is 49.8 Å². The van der Waals surface area contributed by atoms with Gasteiger partial charge in [0.1, 0.15) is 0 Å². The van der Waals surface area contributed by atoms with Crippen LogP contribution in [0.25, 0.3) is 10.9 Å². The molecule has 0 spiro atoms. The molecule has 98 valence electrons. The molecule has 0 aliphatic rings. The van der Waals surface area contributed by atoms with E-state index in [2.05, 4.69) is 23.7 Å². The number of aromatic amines is 1. The second kappa shape index (κ2) is 6.24. The second-order valence-electron chi connectivity index (χ2n) is 4.76. The van der Waals surface area contributed by atoms with E-state index in [4.69, 9.17) is 0 Å². The molecule has 0 atom stereocenters. The number of benzene rings is 1. The molecular weight excluding hydrogens is 234 g/mol. The van der Waals surface area contributed by atoms with Crippen LogP contribution in [-0.4, -0.2) is 4.98 Å². The molecule has 0 saturated carbocycles. The number of rotatable bonds is 3. The van der Waals surface area contributed by atoms with Crippen molar-refractivity contribution in [3.05, 3.63) is 45.7 Å². The lowest BCUT2D eigenvalue weighted by Gasteiger charge is -2.03. The third kappa shape index (κ3) is 3.06. The average Bonchev–Trinajstić information content (AvgIpc) is 2.42. The van der Waals surface area contributed by atoms with Gasteiger partial charge in [0.05, 0.1) is 5.56 Å². The molecule has 0 aliphatic carbocycles. The third-order valence-corrected chi connectivity index (χ3v) is 3.30. The van der Waals surface area contributed by atoms with E-state index < -0.39 is 0 Å². The molecule has 1 aromatic carbocycles. The fraction of sp³-hybridized carbons (Fsp3) is 0.353. The molecule has 2 nitrogen and oxygen atoms in total. The van der Waals surface area contributed by atoms with Crippen LogP contribution in [0.5, 0.6) is 0 Å². The molecule has 0 saturated heterocycles. The molecular formula is C17H19NO. The molecule has 1 heterocycles. The standard InChI is InChI=1S/C17H19NO/c1-3-4-5-6-7-11-15-13(2)14-10-8-9-12-16(14)18-17(15)19/h8-10,12H,3-6H2,1-2H3,(H,18,19). The lowest BCUT2D eigenvalue weighted by molar-refractivity contribution is 0.737. The average molecular weight is 253 g/mol. The van der Waals surface area contributed by atoms with Crippen molar-refractivity contribution in [1.29, 1.82) is 0 Å². The van der Waals surface area contributed by atoms with E-state index in [1.807, 2.05) is 31.2 Å². The molecule has 0 fully saturated rings.